The second kappa shape index (κ2) is 8.35. The lowest BCUT2D eigenvalue weighted by Crippen LogP contribution is -2.41. The van der Waals surface area contributed by atoms with E-state index in [0.717, 1.165) is 0 Å². The number of aliphatic hydroxyl groups excluding tert-OH is 1. The van der Waals surface area contributed by atoms with Crippen molar-refractivity contribution in [3.05, 3.63) is 30.3 Å². The molecule has 0 aliphatic carbocycles. The third-order valence-electron chi connectivity index (χ3n) is 3.42. The molecular weight excluding hydrogens is 286 g/mol. The van der Waals surface area contributed by atoms with E-state index in [-0.39, 0.29) is 30.9 Å². The number of carbonyl (C=O) groups excluding carboxylic acids is 2. The molecular formula is C15H21N3O4. The minimum atomic E-state index is -0.436. The number of benzene rings is 1. The highest BCUT2D eigenvalue weighted by molar-refractivity contribution is 5.85. The molecule has 7 nitrogen and oxygen atoms in total. The lowest BCUT2D eigenvalue weighted by molar-refractivity contribution is -0.127. The predicted octanol–water partition coefficient (Wildman–Crippen LogP) is -1.12. The largest absolute Gasteiger partial charge is 0.484 e. The molecule has 1 saturated heterocycles. The zero-order valence-corrected chi connectivity index (χ0v) is 12.2. The topological polar surface area (TPSA) is 99.7 Å². The van der Waals surface area contributed by atoms with E-state index < -0.39 is 6.10 Å². The summed E-state index contributed by atoms with van der Waals surface area (Å²) < 4.78 is 5.27. The number of carbonyl (C=O) groups is 2. The molecule has 0 aromatic heterocycles. The minimum absolute atomic E-state index is 0.0149. The number of para-hydroxylation sites is 1. The molecule has 120 valence electrons. The summed E-state index contributed by atoms with van der Waals surface area (Å²) in [7, 11) is 0. The van der Waals surface area contributed by atoms with Crippen LogP contribution in [-0.2, 0) is 9.59 Å². The van der Waals surface area contributed by atoms with Crippen molar-refractivity contribution in [1.82, 2.24) is 16.0 Å². The predicted molar refractivity (Wildman–Crippen MR) is 80.3 cm³/mol. The van der Waals surface area contributed by atoms with E-state index in [9.17, 15) is 14.7 Å². The van der Waals surface area contributed by atoms with Gasteiger partial charge in [0.15, 0.2) is 6.61 Å². The standard InChI is InChI=1S/C15H21N3O4/c19-13-8-16-6-11(13)7-17-14(20)9-18-15(21)10-22-12-4-2-1-3-5-12/h1-5,11,13,16,19H,6-10H2,(H,17,20)(H,18,21). The van der Waals surface area contributed by atoms with Gasteiger partial charge in [0.05, 0.1) is 12.6 Å². The third-order valence-corrected chi connectivity index (χ3v) is 3.42. The molecule has 1 aliphatic rings. The summed E-state index contributed by atoms with van der Waals surface area (Å²) >= 11 is 0. The first-order chi connectivity index (χ1) is 10.6. The Bertz CT molecular complexity index is 495. The first kappa shape index (κ1) is 16.3. The molecule has 0 bridgehead atoms. The van der Waals surface area contributed by atoms with Crippen molar-refractivity contribution in [3.63, 3.8) is 0 Å². The Labute approximate surface area is 129 Å². The number of hydrogen-bond donors (Lipinski definition) is 4. The average Bonchev–Trinajstić information content (AvgIpc) is 2.95. The molecule has 22 heavy (non-hydrogen) atoms. The van der Waals surface area contributed by atoms with Gasteiger partial charge in [0.25, 0.3) is 5.91 Å². The highest BCUT2D eigenvalue weighted by atomic mass is 16.5. The van der Waals surface area contributed by atoms with Crippen LogP contribution in [0.5, 0.6) is 5.75 Å². The van der Waals surface area contributed by atoms with E-state index in [1.54, 1.807) is 12.1 Å². The van der Waals surface area contributed by atoms with Crippen LogP contribution in [0.15, 0.2) is 30.3 Å². The Morgan fingerprint density at radius 1 is 1.18 bits per heavy atom. The molecule has 4 N–H and O–H groups in total. The third kappa shape index (κ3) is 5.34. The van der Waals surface area contributed by atoms with Gasteiger partial charge in [-0.25, -0.2) is 0 Å². The van der Waals surface area contributed by atoms with Crippen molar-refractivity contribution in [1.29, 1.82) is 0 Å². The van der Waals surface area contributed by atoms with E-state index in [2.05, 4.69) is 16.0 Å². The molecule has 0 radical (unpaired) electrons. The summed E-state index contributed by atoms with van der Waals surface area (Å²) in [6.07, 6.45) is -0.436. The molecule has 0 saturated carbocycles. The normalized spacial score (nSPS) is 20.4. The maximum Gasteiger partial charge on any atom is 0.258 e. The summed E-state index contributed by atoms with van der Waals surface area (Å²) in [5, 5.41) is 17.8. The van der Waals surface area contributed by atoms with Crippen molar-refractivity contribution in [2.24, 2.45) is 5.92 Å². The van der Waals surface area contributed by atoms with Crippen LogP contribution < -0.4 is 20.7 Å². The summed E-state index contributed by atoms with van der Waals surface area (Å²) in [5.41, 5.74) is 0. The van der Waals surface area contributed by atoms with Gasteiger partial charge in [-0.3, -0.25) is 9.59 Å². The number of nitrogens with one attached hydrogen (secondary N) is 3. The van der Waals surface area contributed by atoms with Crippen LogP contribution in [0.2, 0.25) is 0 Å². The van der Waals surface area contributed by atoms with E-state index >= 15 is 0 Å². The van der Waals surface area contributed by atoms with Crippen LogP contribution in [0.25, 0.3) is 0 Å². The van der Waals surface area contributed by atoms with Crippen LogP contribution in [0.3, 0.4) is 0 Å². The molecule has 1 fully saturated rings. The van der Waals surface area contributed by atoms with Crippen molar-refractivity contribution in [3.8, 4) is 5.75 Å². The average molecular weight is 307 g/mol. The molecule has 1 aliphatic heterocycles. The molecule has 7 heteroatoms. The van der Waals surface area contributed by atoms with Crippen molar-refractivity contribution in [2.75, 3.05) is 32.8 Å². The SMILES string of the molecule is O=C(CNC(=O)COc1ccccc1)NCC1CNCC1O. The van der Waals surface area contributed by atoms with E-state index in [1.165, 1.54) is 0 Å². The number of rotatable bonds is 7. The van der Waals surface area contributed by atoms with E-state index in [1.807, 2.05) is 18.2 Å². The maximum atomic E-state index is 11.6. The first-order valence-corrected chi connectivity index (χ1v) is 7.25. The fourth-order valence-electron chi connectivity index (χ4n) is 2.13. The van der Waals surface area contributed by atoms with Gasteiger partial charge >= 0.3 is 0 Å². The van der Waals surface area contributed by atoms with Crippen molar-refractivity contribution in [2.45, 2.75) is 6.10 Å². The van der Waals surface area contributed by atoms with Gasteiger partial charge in [-0.1, -0.05) is 18.2 Å². The quantitative estimate of drug-likeness (QED) is 0.511. The monoisotopic (exact) mass is 307 g/mol. The number of hydrogen-bond acceptors (Lipinski definition) is 5. The Morgan fingerprint density at radius 2 is 1.95 bits per heavy atom. The molecule has 1 aromatic rings. The second-order valence-corrected chi connectivity index (χ2v) is 5.17. The Morgan fingerprint density at radius 3 is 2.64 bits per heavy atom. The lowest BCUT2D eigenvalue weighted by Gasteiger charge is -2.14. The Hall–Kier alpha value is -2.12. The van der Waals surface area contributed by atoms with Gasteiger partial charge in [-0.2, -0.15) is 0 Å². The number of ether oxygens (including phenoxy) is 1. The summed E-state index contributed by atoms with van der Waals surface area (Å²) in [6, 6.07) is 8.98. The van der Waals surface area contributed by atoms with Crippen LogP contribution in [0, 0.1) is 5.92 Å². The van der Waals surface area contributed by atoms with Crippen LogP contribution >= 0.6 is 0 Å². The number of amides is 2. The number of aliphatic hydroxyl groups is 1. The Kier molecular flexibility index (Phi) is 6.17. The molecule has 2 atom stereocenters. The maximum absolute atomic E-state index is 11.6. The van der Waals surface area contributed by atoms with Crippen LogP contribution in [0.1, 0.15) is 0 Å². The molecule has 1 heterocycles. The van der Waals surface area contributed by atoms with Gasteiger partial charge < -0.3 is 25.8 Å². The van der Waals surface area contributed by atoms with Crippen LogP contribution in [-0.4, -0.2) is 55.8 Å². The highest BCUT2D eigenvalue weighted by Gasteiger charge is 2.24. The van der Waals surface area contributed by atoms with Gasteiger partial charge in [0.1, 0.15) is 5.75 Å². The molecule has 1 aromatic carbocycles. The minimum Gasteiger partial charge on any atom is -0.484 e. The van der Waals surface area contributed by atoms with E-state index in [4.69, 9.17) is 4.74 Å². The van der Waals surface area contributed by atoms with Gasteiger partial charge in [-0.15, -0.1) is 0 Å². The fourth-order valence-corrected chi connectivity index (χ4v) is 2.13. The molecule has 2 amide bonds. The second-order valence-electron chi connectivity index (χ2n) is 5.17. The van der Waals surface area contributed by atoms with Gasteiger partial charge in [-0.05, 0) is 12.1 Å². The zero-order valence-electron chi connectivity index (χ0n) is 12.2. The summed E-state index contributed by atoms with van der Waals surface area (Å²) in [5.74, 6) is -0.0281. The fraction of sp³-hybridized carbons (Fsp3) is 0.467. The van der Waals surface area contributed by atoms with Gasteiger partial charge in [0, 0.05) is 25.6 Å². The molecule has 2 rings (SSSR count). The van der Waals surface area contributed by atoms with Gasteiger partial charge in [0.2, 0.25) is 5.91 Å². The molecule has 2 unspecified atom stereocenters. The summed E-state index contributed by atoms with van der Waals surface area (Å²) in [6.45, 7) is 1.38. The Balaban J connectivity index is 1.58. The number of β-amino-alcohol motifs (C(OH)–C–C–N with tert-alkyl or cyclic N) is 1. The summed E-state index contributed by atoms with van der Waals surface area (Å²) in [4.78, 5) is 23.2. The smallest absolute Gasteiger partial charge is 0.258 e. The van der Waals surface area contributed by atoms with Crippen molar-refractivity contribution < 1.29 is 19.4 Å². The highest BCUT2D eigenvalue weighted by Crippen LogP contribution is 2.07. The van der Waals surface area contributed by atoms with Crippen LogP contribution in [0.4, 0.5) is 0 Å². The zero-order chi connectivity index (χ0) is 15.8. The first-order valence-electron chi connectivity index (χ1n) is 7.25. The lowest BCUT2D eigenvalue weighted by atomic mass is 10.1. The molecule has 0 spiro atoms. The van der Waals surface area contributed by atoms with Crippen molar-refractivity contribution >= 4 is 11.8 Å². The van der Waals surface area contributed by atoms with E-state index in [0.29, 0.717) is 25.4 Å².